The maximum atomic E-state index is 13.5. The molecule has 0 aromatic heterocycles. The Hall–Kier alpha value is -1.14. The van der Waals surface area contributed by atoms with Crippen LogP contribution in [0.1, 0.15) is 12.0 Å². The van der Waals surface area contributed by atoms with E-state index in [1.807, 2.05) is 0 Å². The summed E-state index contributed by atoms with van der Waals surface area (Å²) in [4.78, 5) is 13.6. The highest BCUT2D eigenvalue weighted by atomic mass is 32.2. The highest BCUT2D eigenvalue weighted by molar-refractivity contribution is 7.99. The summed E-state index contributed by atoms with van der Waals surface area (Å²) in [6, 6.07) is 3.14. The molecule has 1 amide bonds. The maximum absolute atomic E-state index is 13.5. The van der Waals surface area contributed by atoms with E-state index in [2.05, 4.69) is 0 Å². The van der Waals surface area contributed by atoms with Gasteiger partial charge in [-0.25, -0.2) is 8.78 Å². The predicted octanol–water partition coefficient (Wildman–Crippen LogP) is 1.76. The Morgan fingerprint density at radius 3 is 2.68 bits per heavy atom. The van der Waals surface area contributed by atoms with E-state index < -0.39 is 17.7 Å². The highest BCUT2D eigenvalue weighted by Gasteiger charge is 2.21. The van der Waals surface area contributed by atoms with Gasteiger partial charge in [-0.15, -0.1) is 11.8 Å². The van der Waals surface area contributed by atoms with Gasteiger partial charge in [-0.2, -0.15) is 0 Å². The zero-order chi connectivity index (χ0) is 13.8. The van der Waals surface area contributed by atoms with Gasteiger partial charge in [0.05, 0.1) is 5.88 Å². The number of hydrogen-bond acceptors (Lipinski definition) is 3. The normalized spacial score (nSPS) is 16.7. The molecule has 1 aromatic rings. The molecule has 1 aromatic carbocycles. The Labute approximate surface area is 115 Å². The van der Waals surface area contributed by atoms with Crippen molar-refractivity contribution >= 4 is 17.7 Å². The third kappa shape index (κ3) is 3.67. The van der Waals surface area contributed by atoms with Crippen molar-refractivity contribution < 1.29 is 13.6 Å². The van der Waals surface area contributed by atoms with E-state index in [1.165, 1.54) is 18.2 Å². The summed E-state index contributed by atoms with van der Waals surface area (Å²) in [7, 11) is 0. The largest absolute Gasteiger partial charge is 0.333 e. The molecule has 1 fully saturated rings. The first kappa shape index (κ1) is 14.3. The molecule has 1 aliphatic rings. The topological polar surface area (TPSA) is 46.3 Å². The SMILES string of the molecule is N[C@@H](CC(=O)N1CCSC1)Cc1c(F)cccc1F. The van der Waals surface area contributed by atoms with Gasteiger partial charge in [0.25, 0.3) is 0 Å². The third-order valence-corrected chi connectivity index (χ3v) is 4.04. The molecule has 1 aliphatic heterocycles. The Morgan fingerprint density at radius 2 is 2.11 bits per heavy atom. The number of nitrogens with zero attached hydrogens (tertiary/aromatic N) is 1. The Kier molecular flexibility index (Phi) is 4.76. The lowest BCUT2D eigenvalue weighted by molar-refractivity contribution is -0.130. The summed E-state index contributed by atoms with van der Waals surface area (Å²) in [5.74, 6) is 0.344. The molecule has 2 N–H and O–H groups in total. The first-order valence-corrected chi connectivity index (χ1v) is 7.27. The highest BCUT2D eigenvalue weighted by Crippen LogP contribution is 2.17. The average molecular weight is 286 g/mol. The van der Waals surface area contributed by atoms with Crippen molar-refractivity contribution in [3.63, 3.8) is 0 Å². The molecule has 1 saturated heterocycles. The van der Waals surface area contributed by atoms with Crippen LogP contribution in [0.4, 0.5) is 8.78 Å². The van der Waals surface area contributed by atoms with Gasteiger partial charge in [0.1, 0.15) is 11.6 Å². The van der Waals surface area contributed by atoms with E-state index in [0.29, 0.717) is 5.88 Å². The number of carbonyl (C=O) groups is 1. The molecule has 1 atom stereocenters. The lowest BCUT2D eigenvalue weighted by Gasteiger charge is -2.18. The van der Waals surface area contributed by atoms with Gasteiger partial charge in [-0.3, -0.25) is 4.79 Å². The fourth-order valence-electron chi connectivity index (χ4n) is 2.03. The molecule has 104 valence electrons. The molecule has 0 spiro atoms. The van der Waals surface area contributed by atoms with Gasteiger partial charge >= 0.3 is 0 Å². The minimum Gasteiger partial charge on any atom is -0.333 e. The van der Waals surface area contributed by atoms with Crippen LogP contribution in [0.15, 0.2) is 18.2 Å². The van der Waals surface area contributed by atoms with E-state index in [9.17, 15) is 13.6 Å². The van der Waals surface area contributed by atoms with Crippen molar-refractivity contribution in [2.75, 3.05) is 18.2 Å². The van der Waals surface area contributed by atoms with Gasteiger partial charge in [0.2, 0.25) is 5.91 Å². The molecule has 0 bridgehead atoms. The number of benzene rings is 1. The number of nitrogens with two attached hydrogens (primary N) is 1. The minimum absolute atomic E-state index is 0.0330. The molecule has 1 heterocycles. The van der Waals surface area contributed by atoms with Gasteiger partial charge < -0.3 is 10.6 Å². The maximum Gasteiger partial charge on any atom is 0.224 e. The van der Waals surface area contributed by atoms with Crippen LogP contribution in [0.5, 0.6) is 0 Å². The summed E-state index contributed by atoms with van der Waals surface area (Å²) in [6.07, 6.45) is 0.152. The second-order valence-electron chi connectivity index (χ2n) is 4.56. The average Bonchev–Trinajstić information content (AvgIpc) is 2.88. The van der Waals surface area contributed by atoms with Crippen molar-refractivity contribution in [3.8, 4) is 0 Å². The zero-order valence-electron chi connectivity index (χ0n) is 10.4. The quantitative estimate of drug-likeness (QED) is 0.917. The lowest BCUT2D eigenvalue weighted by atomic mass is 10.0. The van der Waals surface area contributed by atoms with E-state index in [1.54, 1.807) is 16.7 Å². The van der Waals surface area contributed by atoms with E-state index in [-0.39, 0.29) is 24.3 Å². The van der Waals surface area contributed by atoms with E-state index in [4.69, 9.17) is 5.73 Å². The second kappa shape index (κ2) is 6.34. The van der Waals surface area contributed by atoms with Gasteiger partial charge in [0, 0.05) is 30.3 Å². The number of halogens is 2. The lowest BCUT2D eigenvalue weighted by Crippen LogP contribution is -2.35. The molecule has 0 saturated carbocycles. The molecule has 19 heavy (non-hydrogen) atoms. The van der Waals surface area contributed by atoms with Crippen LogP contribution in [-0.4, -0.2) is 35.0 Å². The number of hydrogen-bond donors (Lipinski definition) is 1. The smallest absolute Gasteiger partial charge is 0.224 e. The molecule has 6 heteroatoms. The Bertz CT molecular complexity index is 444. The number of thioether (sulfide) groups is 1. The fourth-order valence-corrected chi connectivity index (χ4v) is 3.00. The zero-order valence-corrected chi connectivity index (χ0v) is 11.3. The van der Waals surface area contributed by atoms with Crippen LogP contribution in [0, 0.1) is 11.6 Å². The number of amides is 1. The van der Waals surface area contributed by atoms with Crippen LogP contribution < -0.4 is 5.73 Å². The molecule has 0 unspecified atom stereocenters. The van der Waals surface area contributed by atoms with Crippen LogP contribution in [-0.2, 0) is 11.2 Å². The standard InChI is InChI=1S/C13H16F2N2OS/c14-11-2-1-3-12(15)10(11)6-9(16)7-13(18)17-4-5-19-8-17/h1-3,9H,4-8,16H2/t9-/m1/s1. The van der Waals surface area contributed by atoms with Crippen molar-refractivity contribution in [1.29, 1.82) is 0 Å². The van der Waals surface area contributed by atoms with Gasteiger partial charge in [-0.05, 0) is 18.6 Å². The summed E-state index contributed by atoms with van der Waals surface area (Å²) in [5, 5.41) is 0. The second-order valence-corrected chi connectivity index (χ2v) is 5.64. The van der Waals surface area contributed by atoms with Crippen LogP contribution >= 0.6 is 11.8 Å². The van der Waals surface area contributed by atoms with Crippen molar-refractivity contribution in [2.45, 2.75) is 18.9 Å². The molecule has 0 aliphatic carbocycles. The van der Waals surface area contributed by atoms with E-state index >= 15 is 0 Å². The van der Waals surface area contributed by atoms with Gasteiger partial charge in [0.15, 0.2) is 0 Å². The van der Waals surface area contributed by atoms with Crippen LogP contribution in [0.3, 0.4) is 0 Å². The molecule has 2 rings (SSSR count). The van der Waals surface area contributed by atoms with Crippen molar-refractivity contribution in [2.24, 2.45) is 5.73 Å². The third-order valence-electron chi connectivity index (χ3n) is 3.07. The number of carbonyl (C=O) groups excluding carboxylic acids is 1. The summed E-state index contributed by atoms with van der Waals surface area (Å²) < 4.78 is 26.9. The fraction of sp³-hybridized carbons (Fsp3) is 0.462. The summed E-state index contributed by atoms with van der Waals surface area (Å²) in [5.41, 5.74) is 5.78. The molecular formula is C13H16F2N2OS. The van der Waals surface area contributed by atoms with Crippen molar-refractivity contribution in [1.82, 2.24) is 4.90 Å². The first-order valence-electron chi connectivity index (χ1n) is 6.12. The number of rotatable bonds is 4. The monoisotopic (exact) mass is 286 g/mol. The van der Waals surface area contributed by atoms with Crippen molar-refractivity contribution in [3.05, 3.63) is 35.4 Å². The molecule has 0 radical (unpaired) electrons. The summed E-state index contributed by atoms with van der Waals surface area (Å²) >= 11 is 1.69. The van der Waals surface area contributed by atoms with E-state index in [0.717, 1.165) is 12.3 Å². The van der Waals surface area contributed by atoms with Gasteiger partial charge in [-0.1, -0.05) is 6.07 Å². The summed E-state index contributed by atoms with van der Waals surface area (Å²) in [6.45, 7) is 0.726. The Balaban J connectivity index is 1.93. The Morgan fingerprint density at radius 1 is 1.42 bits per heavy atom. The van der Waals surface area contributed by atoms with Crippen LogP contribution in [0.2, 0.25) is 0 Å². The molecule has 3 nitrogen and oxygen atoms in total. The first-order chi connectivity index (χ1) is 9.08. The molecular weight excluding hydrogens is 270 g/mol. The predicted molar refractivity (Wildman–Crippen MR) is 71.7 cm³/mol. The van der Waals surface area contributed by atoms with Crippen LogP contribution in [0.25, 0.3) is 0 Å². The minimum atomic E-state index is -0.611.